The van der Waals surface area contributed by atoms with Gasteiger partial charge in [0, 0.05) is 73.3 Å². The van der Waals surface area contributed by atoms with Crippen LogP contribution in [0.4, 0.5) is 0 Å². The largest absolute Gasteiger partial charge is 0.400 e. The Labute approximate surface area is 728 Å². The zero-order valence-corrected chi connectivity index (χ0v) is 80.2. The van der Waals surface area contributed by atoms with Crippen molar-refractivity contribution in [2.45, 2.75) is 244 Å². The molecule has 4 aliphatic rings. The third kappa shape index (κ3) is 75.7. The van der Waals surface area contributed by atoms with Crippen molar-refractivity contribution < 1.29 is 60.3 Å². The maximum absolute atomic E-state index is 8.81. The Kier molecular flexibility index (Phi) is 148. The minimum Gasteiger partial charge on any atom is -0.400 e. The summed E-state index contributed by atoms with van der Waals surface area (Å²) >= 11 is 0. The zero-order valence-electron chi connectivity index (χ0n) is 80.2. The molecule has 8 aromatic carbocycles. The average molecular weight is 1660 g/mol. The molecule has 686 valence electrons. The number of benzene rings is 8. The van der Waals surface area contributed by atoms with Gasteiger partial charge < -0.3 is 60.3 Å². The number of nitrogens with zero attached hydrogens (tertiary/aromatic N) is 4. The quantitative estimate of drug-likeness (QED) is 0.0555. The SMILES string of the molecule is C.C.C1N2CN3CN1CN(C2)C3.CC.CC.CC.CC.CC.CC.CC.CC.CC(C)(C)c1ccccc1.CC(C)(C)c1ccccc1.CC(c1ccccc1)(c1ccccc1)c1ccccc1.CC(c1ccccc1)(c1ccccc1)c1ccccc1.CC=O.CC=O.CC=O.CCO.CCO.CCO.CO.CO.CO.CO.CO.CO. The van der Waals surface area contributed by atoms with E-state index in [9.17, 15) is 0 Å². The monoisotopic (exact) mass is 1660 g/mol. The van der Waals surface area contributed by atoms with Crippen molar-refractivity contribution in [2.24, 2.45) is 0 Å². The zero-order chi connectivity index (χ0) is 93.7. The third-order valence-corrected chi connectivity index (χ3v) is 13.8. The minimum absolute atomic E-state index is 0. The van der Waals surface area contributed by atoms with Gasteiger partial charge in [0.2, 0.25) is 0 Å². The van der Waals surface area contributed by atoms with Crippen LogP contribution in [0.25, 0.3) is 0 Å². The summed E-state index contributed by atoms with van der Waals surface area (Å²) in [6.07, 6.45) is 2.25. The van der Waals surface area contributed by atoms with Gasteiger partial charge in [0.1, 0.15) is 18.9 Å². The van der Waals surface area contributed by atoms with Gasteiger partial charge in [-0.25, -0.2) is 0 Å². The molecule has 9 N–H and O–H groups in total. The molecule has 0 saturated carbocycles. The number of carbonyl (C=O) groups is 3. The van der Waals surface area contributed by atoms with E-state index in [1.54, 1.807) is 20.8 Å². The Morgan fingerprint density at radius 1 is 0.229 bits per heavy atom. The molecule has 0 atom stereocenters. The predicted molar refractivity (Wildman–Crippen MR) is 523 cm³/mol. The van der Waals surface area contributed by atoms with Crippen molar-refractivity contribution in [3.8, 4) is 0 Å². The maximum atomic E-state index is 8.81. The second-order valence-electron chi connectivity index (χ2n) is 22.9. The van der Waals surface area contributed by atoms with Gasteiger partial charge in [-0.15, -0.1) is 0 Å². The van der Waals surface area contributed by atoms with Gasteiger partial charge in [-0.2, -0.15) is 0 Å². The molecular weight excluding hydrogens is 1470 g/mol. The van der Waals surface area contributed by atoms with E-state index >= 15 is 0 Å². The van der Waals surface area contributed by atoms with Gasteiger partial charge in [-0.05, 0) is 111 Å². The summed E-state index contributed by atoms with van der Waals surface area (Å²) in [4.78, 5) is 36.3. The summed E-state index contributed by atoms with van der Waals surface area (Å²) in [5, 5.41) is 64.7. The number of carbonyl (C=O) groups excluding carboxylic acids is 3. The molecule has 16 heteroatoms. The van der Waals surface area contributed by atoms with Crippen LogP contribution in [0, 0.1) is 0 Å². The molecule has 0 spiro atoms. The van der Waals surface area contributed by atoms with Crippen molar-refractivity contribution in [3.05, 3.63) is 287 Å². The van der Waals surface area contributed by atoms with Gasteiger partial charge >= 0.3 is 0 Å². The van der Waals surface area contributed by atoms with Crippen LogP contribution in [0.3, 0.4) is 0 Å². The second-order valence-corrected chi connectivity index (χ2v) is 22.9. The van der Waals surface area contributed by atoms with E-state index < -0.39 is 0 Å². The van der Waals surface area contributed by atoms with E-state index in [-0.39, 0.29) is 45.5 Å². The first kappa shape index (κ1) is 148. The summed E-state index contributed by atoms with van der Waals surface area (Å²) in [5.41, 5.74) is 11.0. The summed E-state index contributed by atoms with van der Waals surface area (Å²) in [6, 6.07) is 85.3. The van der Waals surface area contributed by atoms with Crippen molar-refractivity contribution in [3.63, 3.8) is 0 Å². The molecule has 4 fully saturated rings. The van der Waals surface area contributed by atoms with Crippen molar-refractivity contribution in [1.82, 2.24) is 19.6 Å². The number of hydrogen-bond donors (Lipinski definition) is 9. The molecule has 118 heavy (non-hydrogen) atoms. The van der Waals surface area contributed by atoms with Crippen LogP contribution in [-0.2, 0) is 36.0 Å². The third-order valence-electron chi connectivity index (χ3n) is 13.8. The normalized spacial score (nSPS) is 12.1. The highest BCUT2D eigenvalue weighted by molar-refractivity contribution is 5.51. The molecule has 0 radical (unpaired) electrons. The van der Waals surface area contributed by atoms with E-state index in [2.05, 4.69) is 318 Å². The first-order valence-electron chi connectivity index (χ1n) is 41.3. The van der Waals surface area contributed by atoms with Gasteiger partial charge in [0.05, 0.1) is 40.0 Å². The lowest BCUT2D eigenvalue weighted by atomic mass is 9.71. The fraction of sp³-hybridized carbons (Fsp3) is 0.500. The van der Waals surface area contributed by atoms with Crippen LogP contribution < -0.4 is 0 Å². The summed E-state index contributed by atoms with van der Waals surface area (Å²) in [6.45, 7) is 67.2. The van der Waals surface area contributed by atoms with E-state index in [0.29, 0.717) is 10.8 Å². The van der Waals surface area contributed by atoms with E-state index in [4.69, 9.17) is 60.3 Å². The van der Waals surface area contributed by atoms with Gasteiger partial charge in [0.15, 0.2) is 0 Å². The Bertz CT molecular complexity index is 2510. The summed E-state index contributed by atoms with van der Waals surface area (Å²) < 4.78 is 0. The Morgan fingerprint density at radius 3 is 0.373 bits per heavy atom. The Hall–Kier alpha value is -7.75. The van der Waals surface area contributed by atoms with Crippen LogP contribution in [0.1, 0.15) is 267 Å². The van der Waals surface area contributed by atoms with E-state index in [1.807, 2.05) is 111 Å². The number of aldehydes is 3. The molecule has 16 nitrogen and oxygen atoms in total. The highest BCUT2D eigenvalue weighted by atomic mass is 16.3. The number of aliphatic hydroxyl groups excluding tert-OH is 9. The molecule has 4 bridgehead atoms. The van der Waals surface area contributed by atoms with Crippen molar-refractivity contribution in [1.29, 1.82) is 0 Å². The van der Waals surface area contributed by atoms with Crippen LogP contribution in [0.2, 0.25) is 0 Å². The second kappa shape index (κ2) is 118. The molecule has 4 saturated heterocycles. The molecule has 12 rings (SSSR count). The first-order chi connectivity index (χ1) is 56.2. The predicted octanol–water partition coefficient (Wildman–Crippen LogP) is 22.8. The highest BCUT2D eigenvalue weighted by Gasteiger charge is 2.36. The van der Waals surface area contributed by atoms with Crippen LogP contribution in [0.5, 0.6) is 0 Å². The smallest absolute Gasteiger partial charge is 0.116 e. The van der Waals surface area contributed by atoms with Crippen LogP contribution in [0.15, 0.2) is 243 Å². The molecule has 0 unspecified atom stereocenters. The average Bonchev–Trinajstić information content (AvgIpc) is 0.803. The van der Waals surface area contributed by atoms with E-state index in [1.165, 1.54) is 105 Å². The number of aliphatic hydroxyl groups is 9. The maximum Gasteiger partial charge on any atom is 0.116 e. The fourth-order valence-corrected chi connectivity index (χ4v) is 9.74. The lowest BCUT2D eigenvalue weighted by Gasteiger charge is -2.56. The first-order valence-corrected chi connectivity index (χ1v) is 41.3. The van der Waals surface area contributed by atoms with E-state index in [0.717, 1.165) is 61.5 Å². The Morgan fingerprint density at radius 2 is 0.305 bits per heavy atom. The van der Waals surface area contributed by atoms with Crippen molar-refractivity contribution in [2.75, 3.05) is 102 Å². The number of rotatable bonds is 6. The van der Waals surface area contributed by atoms with Gasteiger partial charge in [-0.1, -0.05) is 410 Å². The van der Waals surface area contributed by atoms with Crippen LogP contribution >= 0.6 is 0 Å². The Balaban J connectivity index is -0.0000000707. The molecule has 4 aliphatic heterocycles. The van der Waals surface area contributed by atoms with Crippen molar-refractivity contribution >= 4 is 18.9 Å². The molecular formula is C102H186N4O12. The molecule has 4 heterocycles. The highest BCUT2D eigenvalue weighted by Crippen LogP contribution is 2.40. The van der Waals surface area contributed by atoms with Crippen LogP contribution in [-0.4, -0.2) is 187 Å². The molecule has 0 aromatic heterocycles. The molecule has 0 amide bonds. The lowest BCUT2D eigenvalue weighted by Crippen LogP contribution is -2.71. The minimum atomic E-state index is -0.121. The standard InChI is InChI=1S/2C20H18.2C10H14.C6H12N4.3C2H6O.3C2H4O.8C2H6.6CH4O.2CH4/c2*1-20(17-11-5-2-6-12-17,18-13-7-3-8-14-18)19-15-9-4-10-16-19;2*1-10(2,3)9-7-5-4-6-8-9;1-7-2-9-4-8(1)5-10(3-7)6-9;6*1-2-3;14*1-2;;/h2*2-16H,1H3;2*4-8H,1-3H3;1-6H2;3*3H,2H2,1H3;3*2H,1H3;8*1-2H3;6*2H,1H3;2*1H4. The number of hydrogen-bond acceptors (Lipinski definition) is 16. The summed E-state index contributed by atoms with van der Waals surface area (Å²) in [5.74, 6) is 0. The fourth-order valence-electron chi connectivity index (χ4n) is 9.74. The molecule has 0 aliphatic carbocycles. The summed E-state index contributed by atoms with van der Waals surface area (Å²) in [7, 11) is 6.00. The van der Waals surface area contributed by atoms with Gasteiger partial charge in [0.25, 0.3) is 0 Å². The topological polar surface area (TPSA) is 246 Å². The molecule has 8 aromatic rings. The van der Waals surface area contributed by atoms with Gasteiger partial charge in [-0.3, -0.25) is 19.6 Å². The lowest BCUT2D eigenvalue weighted by molar-refractivity contribution is -0.194.